The Hall–Kier alpha value is -0.820. The first-order valence-electron chi connectivity index (χ1n) is 6.22. The Balaban J connectivity index is 2.45. The molecule has 1 aromatic heterocycles. The topological polar surface area (TPSA) is 76.3 Å². The van der Waals surface area contributed by atoms with Gasteiger partial charge in [0.1, 0.15) is 9.90 Å². The summed E-state index contributed by atoms with van der Waals surface area (Å²) in [6, 6.07) is 0.362. The van der Waals surface area contributed by atoms with Gasteiger partial charge in [-0.2, -0.15) is 4.37 Å². The lowest BCUT2D eigenvalue weighted by Crippen LogP contribution is -2.27. The van der Waals surface area contributed by atoms with Crippen LogP contribution in [0.25, 0.3) is 0 Å². The maximum atomic E-state index is 12.3. The largest absolute Gasteiger partial charge is 0.382 e. The average Bonchev–Trinajstić information content (AvgIpc) is 2.84. The molecule has 0 spiro atoms. The summed E-state index contributed by atoms with van der Waals surface area (Å²) in [6.45, 7) is 4.85. The highest BCUT2D eigenvalue weighted by Crippen LogP contribution is 2.38. The van der Waals surface area contributed by atoms with Crippen molar-refractivity contribution in [3.8, 4) is 0 Å². The van der Waals surface area contributed by atoms with Crippen LogP contribution in [0.2, 0.25) is 0 Å². The predicted octanol–water partition coefficient (Wildman–Crippen LogP) is 1.90. The van der Waals surface area contributed by atoms with Gasteiger partial charge in [0.25, 0.3) is 0 Å². The number of hydrogen-bond acceptors (Lipinski definition) is 6. The monoisotopic (exact) mass is 289 g/mol. The maximum Gasteiger partial charge on any atom is 0.185 e. The summed E-state index contributed by atoms with van der Waals surface area (Å²) in [5.74, 6) is 0.285. The average molecular weight is 289 g/mol. The second-order valence-electron chi connectivity index (χ2n) is 4.71. The fourth-order valence-corrected chi connectivity index (χ4v) is 5.25. The van der Waals surface area contributed by atoms with Crippen LogP contribution in [0.4, 0.5) is 10.8 Å². The van der Waals surface area contributed by atoms with Gasteiger partial charge in [-0.15, -0.1) is 0 Å². The number of aromatic nitrogens is 1. The number of nitrogens with zero attached hydrogens (tertiary/aromatic N) is 2. The molecule has 0 bridgehead atoms. The van der Waals surface area contributed by atoms with E-state index in [2.05, 4.69) is 16.2 Å². The van der Waals surface area contributed by atoms with E-state index in [4.69, 9.17) is 5.73 Å². The van der Waals surface area contributed by atoms with Crippen LogP contribution in [-0.4, -0.2) is 31.1 Å². The Labute approximate surface area is 112 Å². The van der Waals surface area contributed by atoms with Crippen molar-refractivity contribution in [3.63, 3.8) is 0 Å². The van der Waals surface area contributed by atoms with Crippen molar-refractivity contribution in [1.29, 1.82) is 0 Å². The van der Waals surface area contributed by atoms with Crippen molar-refractivity contribution >= 4 is 32.2 Å². The Morgan fingerprint density at radius 1 is 1.56 bits per heavy atom. The van der Waals surface area contributed by atoms with E-state index in [1.54, 1.807) is 0 Å². The number of anilines is 2. The van der Waals surface area contributed by atoms with Crippen LogP contribution in [0.5, 0.6) is 0 Å². The SMILES string of the molecule is CCCS(=O)(=O)c1c(N)nsc1N1CCCC1C. The number of sulfone groups is 1. The van der Waals surface area contributed by atoms with Crippen molar-refractivity contribution < 1.29 is 8.42 Å². The highest BCUT2D eigenvalue weighted by molar-refractivity contribution is 7.91. The summed E-state index contributed by atoms with van der Waals surface area (Å²) in [5, 5.41) is 0.728. The molecule has 0 saturated carbocycles. The van der Waals surface area contributed by atoms with Crippen molar-refractivity contribution in [3.05, 3.63) is 0 Å². The van der Waals surface area contributed by atoms with Crippen molar-refractivity contribution in [1.82, 2.24) is 4.37 Å². The molecule has 0 aromatic carbocycles. The molecule has 2 heterocycles. The minimum absolute atomic E-state index is 0.130. The van der Waals surface area contributed by atoms with Gasteiger partial charge in [0.05, 0.1) is 5.75 Å². The zero-order valence-corrected chi connectivity index (χ0v) is 12.4. The summed E-state index contributed by atoms with van der Waals surface area (Å²) < 4.78 is 28.6. The van der Waals surface area contributed by atoms with Crippen LogP contribution in [0.1, 0.15) is 33.1 Å². The van der Waals surface area contributed by atoms with Gasteiger partial charge in [0.15, 0.2) is 15.7 Å². The van der Waals surface area contributed by atoms with Gasteiger partial charge >= 0.3 is 0 Å². The minimum atomic E-state index is -3.31. The molecule has 1 fully saturated rings. The zero-order valence-electron chi connectivity index (χ0n) is 10.7. The molecule has 1 aromatic rings. The second kappa shape index (κ2) is 5.05. The molecule has 5 nitrogen and oxygen atoms in total. The number of nitrogens with two attached hydrogens (primary N) is 1. The van der Waals surface area contributed by atoms with Crippen molar-refractivity contribution in [2.45, 2.75) is 44.0 Å². The van der Waals surface area contributed by atoms with Gasteiger partial charge in [-0.05, 0) is 37.7 Å². The highest BCUT2D eigenvalue weighted by Gasteiger charge is 2.31. The number of hydrogen-bond donors (Lipinski definition) is 1. The van der Waals surface area contributed by atoms with Gasteiger partial charge in [-0.3, -0.25) is 0 Å². The lowest BCUT2D eigenvalue weighted by molar-refractivity contribution is 0.594. The predicted molar refractivity (Wildman–Crippen MR) is 74.9 cm³/mol. The van der Waals surface area contributed by atoms with E-state index < -0.39 is 9.84 Å². The van der Waals surface area contributed by atoms with Crippen molar-refractivity contribution in [2.24, 2.45) is 0 Å². The molecule has 1 unspecified atom stereocenters. The highest BCUT2D eigenvalue weighted by atomic mass is 32.2. The quantitative estimate of drug-likeness (QED) is 0.916. The molecular formula is C11H19N3O2S2. The lowest BCUT2D eigenvalue weighted by Gasteiger charge is -2.22. The minimum Gasteiger partial charge on any atom is -0.382 e. The van der Waals surface area contributed by atoms with E-state index in [-0.39, 0.29) is 16.5 Å². The Morgan fingerprint density at radius 2 is 2.28 bits per heavy atom. The first-order chi connectivity index (χ1) is 8.47. The number of rotatable bonds is 4. The smallest absolute Gasteiger partial charge is 0.185 e. The van der Waals surface area contributed by atoms with E-state index in [9.17, 15) is 8.42 Å². The molecule has 0 aliphatic carbocycles. The normalized spacial score (nSPS) is 20.6. The third-order valence-corrected chi connectivity index (χ3v) is 6.25. The van der Waals surface area contributed by atoms with Crippen LogP contribution in [0, 0.1) is 0 Å². The third kappa shape index (κ3) is 2.33. The Morgan fingerprint density at radius 3 is 2.83 bits per heavy atom. The summed E-state index contributed by atoms with van der Waals surface area (Å²) in [6.07, 6.45) is 2.77. The molecule has 0 radical (unpaired) electrons. The molecule has 1 aliphatic heterocycles. The molecule has 0 amide bonds. The van der Waals surface area contributed by atoms with Crippen LogP contribution in [-0.2, 0) is 9.84 Å². The standard InChI is InChI=1S/C11H19N3O2S2/c1-3-7-18(15,16)9-10(12)13-17-11(9)14-6-4-5-8(14)2/h8H,3-7H2,1-2H3,(H2,12,13). The first-order valence-corrected chi connectivity index (χ1v) is 8.64. The van der Waals surface area contributed by atoms with Gasteiger partial charge in [-0.1, -0.05) is 6.92 Å². The van der Waals surface area contributed by atoms with E-state index in [1.165, 1.54) is 11.5 Å². The number of nitrogen functional groups attached to an aromatic ring is 1. The molecule has 1 aliphatic rings. The fraction of sp³-hybridized carbons (Fsp3) is 0.727. The van der Waals surface area contributed by atoms with E-state index >= 15 is 0 Å². The Bertz CT molecular complexity index is 524. The van der Waals surface area contributed by atoms with Gasteiger partial charge in [0, 0.05) is 12.6 Å². The van der Waals surface area contributed by atoms with Gasteiger partial charge in [-0.25, -0.2) is 8.42 Å². The van der Waals surface area contributed by atoms with Gasteiger partial charge in [0.2, 0.25) is 0 Å². The maximum absolute atomic E-state index is 12.3. The van der Waals surface area contributed by atoms with Crippen LogP contribution >= 0.6 is 11.5 Å². The van der Waals surface area contributed by atoms with E-state index in [0.29, 0.717) is 12.5 Å². The van der Waals surface area contributed by atoms with Crippen LogP contribution < -0.4 is 10.6 Å². The summed E-state index contributed by atoms with van der Waals surface area (Å²) in [7, 11) is -3.31. The van der Waals surface area contributed by atoms with Crippen LogP contribution in [0.15, 0.2) is 4.90 Å². The zero-order chi connectivity index (χ0) is 13.3. The lowest BCUT2D eigenvalue weighted by atomic mass is 10.2. The molecule has 102 valence electrons. The van der Waals surface area contributed by atoms with Gasteiger partial charge < -0.3 is 10.6 Å². The van der Waals surface area contributed by atoms with Crippen LogP contribution in [0.3, 0.4) is 0 Å². The van der Waals surface area contributed by atoms with E-state index in [0.717, 1.165) is 24.4 Å². The fourth-order valence-electron chi connectivity index (χ4n) is 2.37. The molecular weight excluding hydrogens is 270 g/mol. The third-order valence-electron chi connectivity index (χ3n) is 3.26. The Kier molecular flexibility index (Phi) is 3.82. The van der Waals surface area contributed by atoms with Crippen molar-refractivity contribution in [2.75, 3.05) is 22.9 Å². The molecule has 1 saturated heterocycles. The van der Waals surface area contributed by atoms with E-state index in [1.807, 2.05) is 6.92 Å². The molecule has 18 heavy (non-hydrogen) atoms. The molecule has 2 rings (SSSR count). The second-order valence-corrected chi connectivity index (χ2v) is 7.50. The molecule has 2 N–H and O–H groups in total. The summed E-state index contributed by atoms with van der Waals surface area (Å²) in [4.78, 5) is 2.37. The molecule has 1 atom stereocenters. The first kappa shape index (κ1) is 13.6. The summed E-state index contributed by atoms with van der Waals surface area (Å²) >= 11 is 1.20. The summed E-state index contributed by atoms with van der Waals surface area (Å²) in [5.41, 5.74) is 5.76. The molecule has 7 heteroatoms.